The first-order chi connectivity index (χ1) is 9.11. The number of piperidine rings is 1. The number of hydrogen-bond donors (Lipinski definition) is 2. The molecule has 0 spiro atoms. The lowest BCUT2D eigenvalue weighted by molar-refractivity contribution is 0.0568. The molecule has 2 heterocycles. The van der Waals surface area contributed by atoms with E-state index in [1.165, 1.54) is 12.1 Å². The van der Waals surface area contributed by atoms with Gasteiger partial charge in [0.15, 0.2) is 5.43 Å². The summed E-state index contributed by atoms with van der Waals surface area (Å²) in [6.07, 6.45) is 3.58. The Balaban J connectivity index is 2.23. The molecule has 1 aliphatic heterocycles. The first kappa shape index (κ1) is 13.8. The molecule has 1 saturated heterocycles. The monoisotopic (exact) mass is 264 g/mol. The highest BCUT2D eigenvalue weighted by Crippen LogP contribution is 2.21. The van der Waals surface area contributed by atoms with Gasteiger partial charge in [0.25, 0.3) is 5.91 Å². The fourth-order valence-corrected chi connectivity index (χ4v) is 2.67. The molecule has 0 saturated carbocycles. The number of pyridine rings is 1. The molecule has 2 N–H and O–H groups in total. The lowest BCUT2D eigenvalue weighted by Crippen LogP contribution is -2.44. The number of aliphatic hydroxyl groups is 1. The molecular weight excluding hydrogens is 244 g/mol. The van der Waals surface area contributed by atoms with Crippen molar-refractivity contribution in [1.29, 1.82) is 0 Å². The van der Waals surface area contributed by atoms with Crippen molar-refractivity contribution in [2.45, 2.75) is 38.6 Å². The number of H-pyrrole nitrogens is 1. The van der Waals surface area contributed by atoms with Crippen LogP contribution < -0.4 is 5.43 Å². The third-order valence-corrected chi connectivity index (χ3v) is 3.56. The van der Waals surface area contributed by atoms with Crippen LogP contribution >= 0.6 is 0 Å². The van der Waals surface area contributed by atoms with Crippen LogP contribution in [0.2, 0.25) is 0 Å². The molecule has 2 rings (SSSR count). The molecule has 0 radical (unpaired) electrons. The zero-order chi connectivity index (χ0) is 13.8. The molecular formula is C14H20N2O3. The maximum Gasteiger partial charge on any atom is 0.270 e. The topological polar surface area (TPSA) is 73.4 Å². The number of aromatic nitrogens is 1. The van der Waals surface area contributed by atoms with E-state index < -0.39 is 0 Å². The third kappa shape index (κ3) is 3.23. The van der Waals surface area contributed by atoms with E-state index in [1.807, 2.05) is 0 Å². The van der Waals surface area contributed by atoms with Crippen molar-refractivity contribution < 1.29 is 9.90 Å². The molecule has 104 valence electrons. The van der Waals surface area contributed by atoms with Gasteiger partial charge in [-0.3, -0.25) is 9.59 Å². The van der Waals surface area contributed by atoms with Gasteiger partial charge in [-0.15, -0.1) is 0 Å². The van der Waals surface area contributed by atoms with Crippen molar-refractivity contribution in [1.82, 2.24) is 9.88 Å². The normalized spacial score (nSPS) is 19.5. The van der Waals surface area contributed by atoms with Gasteiger partial charge in [0, 0.05) is 37.0 Å². The van der Waals surface area contributed by atoms with E-state index in [4.69, 9.17) is 5.11 Å². The summed E-state index contributed by atoms with van der Waals surface area (Å²) in [5, 5.41) is 9.08. The SMILES string of the molecule is Cc1cc(=O)cc(C(=O)N2CCCCC2CCO)[nH]1. The van der Waals surface area contributed by atoms with E-state index in [2.05, 4.69) is 4.98 Å². The van der Waals surface area contributed by atoms with E-state index in [1.54, 1.807) is 11.8 Å². The molecule has 1 aliphatic rings. The molecule has 1 amide bonds. The number of hydrogen-bond acceptors (Lipinski definition) is 3. The standard InChI is InChI=1S/C14H20N2O3/c1-10-8-12(18)9-13(15-10)14(19)16-6-3-2-4-11(16)5-7-17/h8-9,11,17H,2-7H2,1H3,(H,15,18). The van der Waals surface area contributed by atoms with Crippen molar-refractivity contribution in [2.75, 3.05) is 13.2 Å². The number of aromatic amines is 1. The van der Waals surface area contributed by atoms with E-state index in [-0.39, 0.29) is 24.0 Å². The molecule has 5 nitrogen and oxygen atoms in total. The fourth-order valence-electron chi connectivity index (χ4n) is 2.67. The number of carbonyl (C=O) groups is 1. The van der Waals surface area contributed by atoms with Crippen molar-refractivity contribution in [3.8, 4) is 0 Å². The maximum atomic E-state index is 12.5. The van der Waals surface area contributed by atoms with E-state index in [9.17, 15) is 9.59 Å². The second kappa shape index (κ2) is 6.02. The summed E-state index contributed by atoms with van der Waals surface area (Å²) < 4.78 is 0. The number of rotatable bonds is 3. The van der Waals surface area contributed by atoms with Gasteiger partial charge in [-0.05, 0) is 32.6 Å². The minimum atomic E-state index is -0.157. The highest BCUT2D eigenvalue weighted by molar-refractivity contribution is 5.92. The Kier molecular flexibility index (Phi) is 4.37. The Labute approximate surface area is 112 Å². The molecule has 1 atom stereocenters. The van der Waals surface area contributed by atoms with Gasteiger partial charge in [0.05, 0.1) is 0 Å². The molecule has 19 heavy (non-hydrogen) atoms. The Morgan fingerprint density at radius 3 is 2.95 bits per heavy atom. The van der Waals surface area contributed by atoms with Crippen molar-refractivity contribution in [2.24, 2.45) is 0 Å². The Morgan fingerprint density at radius 2 is 2.26 bits per heavy atom. The highest BCUT2D eigenvalue weighted by atomic mass is 16.3. The first-order valence-electron chi connectivity index (χ1n) is 6.74. The van der Waals surface area contributed by atoms with Crippen LogP contribution in [0.1, 0.15) is 41.9 Å². The zero-order valence-corrected chi connectivity index (χ0v) is 11.2. The second-order valence-electron chi connectivity index (χ2n) is 5.07. The first-order valence-corrected chi connectivity index (χ1v) is 6.74. The van der Waals surface area contributed by atoms with Crippen LogP contribution in [0, 0.1) is 6.92 Å². The van der Waals surface area contributed by atoms with Gasteiger partial charge in [-0.1, -0.05) is 0 Å². The Hall–Kier alpha value is -1.62. The molecule has 0 bridgehead atoms. The number of nitrogens with zero attached hydrogens (tertiary/aromatic N) is 1. The minimum Gasteiger partial charge on any atom is -0.396 e. The molecule has 1 fully saturated rings. The van der Waals surface area contributed by atoms with Crippen LogP contribution in [-0.2, 0) is 0 Å². The summed E-state index contributed by atoms with van der Waals surface area (Å²) in [6, 6.07) is 2.90. The summed E-state index contributed by atoms with van der Waals surface area (Å²) in [4.78, 5) is 28.7. The van der Waals surface area contributed by atoms with Crippen molar-refractivity contribution in [3.63, 3.8) is 0 Å². The molecule has 5 heteroatoms. The molecule has 1 unspecified atom stereocenters. The van der Waals surface area contributed by atoms with Gasteiger partial charge < -0.3 is 15.0 Å². The van der Waals surface area contributed by atoms with E-state index >= 15 is 0 Å². The number of nitrogens with one attached hydrogen (secondary N) is 1. The molecule has 1 aromatic heterocycles. The van der Waals surface area contributed by atoms with Gasteiger partial charge in [0.2, 0.25) is 0 Å². The second-order valence-corrected chi connectivity index (χ2v) is 5.07. The van der Waals surface area contributed by atoms with Crippen LogP contribution in [0.25, 0.3) is 0 Å². The van der Waals surface area contributed by atoms with Gasteiger partial charge in [0.1, 0.15) is 5.69 Å². The van der Waals surface area contributed by atoms with Crippen LogP contribution in [-0.4, -0.2) is 40.1 Å². The van der Waals surface area contributed by atoms with Crippen molar-refractivity contribution >= 4 is 5.91 Å². The molecule has 0 aromatic carbocycles. The highest BCUT2D eigenvalue weighted by Gasteiger charge is 2.27. The summed E-state index contributed by atoms with van der Waals surface area (Å²) in [5.74, 6) is -0.140. The number of aliphatic hydroxyl groups excluding tert-OH is 1. The van der Waals surface area contributed by atoms with Crippen molar-refractivity contribution in [3.05, 3.63) is 33.7 Å². The lowest BCUT2D eigenvalue weighted by Gasteiger charge is -2.35. The fraction of sp³-hybridized carbons (Fsp3) is 0.571. The summed E-state index contributed by atoms with van der Waals surface area (Å²) >= 11 is 0. The predicted octanol–water partition coefficient (Wildman–Crippen LogP) is 1.06. The van der Waals surface area contributed by atoms with Crippen LogP contribution in [0.3, 0.4) is 0 Å². The number of likely N-dealkylation sites (tertiary alicyclic amines) is 1. The number of amides is 1. The van der Waals surface area contributed by atoms with Gasteiger partial charge in [-0.25, -0.2) is 0 Å². The summed E-state index contributed by atoms with van der Waals surface area (Å²) in [5.41, 5.74) is 0.872. The maximum absolute atomic E-state index is 12.5. The minimum absolute atomic E-state index is 0.0789. The number of aryl methyl sites for hydroxylation is 1. The van der Waals surface area contributed by atoms with E-state index in [0.29, 0.717) is 24.4 Å². The number of carbonyl (C=O) groups excluding carboxylic acids is 1. The Morgan fingerprint density at radius 1 is 1.47 bits per heavy atom. The predicted molar refractivity (Wildman–Crippen MR) is 72.2 cm³/mol. The van der Waals surface area contributed by atoms with Gasteiger partial charge >= 0.3 is 0 Å². The lowest BCUT2D eigenvalue weighted by atomic mass is 9.99. The van der Waals surface area contributed by atoms with Crippen LogP contribution in [0.4, 0.5) is 0 Å². The smallest absolute Gasteiger partial charge is 0.270 e. The molecule has 0 aliphatic carbocycles. The average Bonchev–Trinajstić information content (AvgIpc) is 2.38. The summed E-state index contributed by atoms with van der Waals surface area (Å²) in [6.45, 7) is 2.54. The Bertz CT molecular complexity index is 508. The largest absolute Gasteiger partial charge is 0.396 e. The zero-order valence-electron chi connectivity index (χ0n) is 11.2. The van der Waals surface area contributed by atoms with Crippen LogP contribution in [0.15, 0.2) is 16.9 Å². The van der Waals surface area contributed by atoms with Crippen LogP contribution in [0.5, 0.6) is 0 Å². The quantitative estimate of drug-likeness (QED) is 0.857. The van der Waals surface area contributed by atoms with Gasteiger partial charge in [-0.2, -0.15) is 0 Å². The third-order valence-electron chi connectivity index (χ3n) is 3.56. The molecule has 1 aromatic rings. The van der Waals surface area contributed by atoms with E-state index in [0.717, 1.165) is 19.3 Å². The average molecular weight is 264 g/mol. The summed E-state index contributed by atoms with van der Waals surface area (Å²) in [7, 11) is 0.